The summed E-state index contributed by atoms with van der Waals surface area (Å²) in [7, 11) is 0. The molecule has 0 saturated heterocycles. The van der Waals surface area contributed by atoms with Crippen LogP contribution in [-0.4, -0.2) is 30.0 Å². The predicted octanol–water partition coefficient (Wildman–Crippen LogP) is 4.59. The van der Waals surface area contributed by atoms with E-state index in [0.29, 0.717) is 17.4 Å². The number of aromatic nitrogens is 1. The summed E-state index contributed by atoms with van der Waals surface area (Å²) in [5.74, 6) is 0.232. The Morgan fingerprint density at radius 1 is 1.17 bits per heavy atom. The van der Waals surface area contributed by atoms with Crippen LogP contribution in [0.15, 0.2) is 45.1 Å². The average molecular weight is 349 g/mol. The lowest BCUT2D eigenvalue weighted by Gasteiger charge is -2.11. The van der Waals surface area contributed by atoms with E-state index < -0.39 is 12.7 Å². The number of pyridine rings is 1. The van der Waals surface area contributed by atoms with Gasteiger partial charge in [-0.3, -0.25) is 0 Å². The lowest BCUT2D eigenvalue weighted by molar-refractivity contribution is -0.115. The number of nitrogens with zero attached hydrogens (tertiary/aromatic N) is 4. The monoisotopic (exact) mass is 349 g/mol. The Bertz CT molecular complexity index is 990. The van der Waals surface area contributed by atoms with Crippen molar-refractivity contribution in [2.45, 2.75) is 6.18 Å². The van der Waals surface area contributed by atoms with Gasteiger partial charge in [-0.15, -0.1) is 16.4 Å². The third-order valence-electron chi connectivity index (χ3n) is 3.63. The van der Waals surface area contributed by atoms with Gasteiger partial charge < -0.3 is 5.32 Å². The fourth-order valence-corrected chi connectivity index (χ4v) is 3.50. The molecule has 0 unspecified atom stereocenters. The number of fused-ring (bicyclic) bond motifs is 3. The minimum Gasteiger partial charge on any atom is -0.361 e. The third-order valence-corrected chi connectivity index (χ3v) is 4.58. The van der Waals surface area contributed by atoms with Crippen LogP contribution in [0.4, 0.5) is 19.0 Å². The molecule has 9 heteroatoms. The quantitative estimate of drug-likeness (QED) is 0.751. The number of nitrogens with one attached hydrogen (secondary N) is 1. The first-order valence-electron chi connectivity index (χ1n) is 7.06. The molecule has 0 atom stereocenters. The van der Waals surface area contributed by atoms with Crippen LogP contribution in [0.5, 0.6) is 0 Å². The maximum absolute atomic E-state index is 12.5. The minimum atomic E-state index is -4.30. The zero-order valence-electron chi connectivity index (χ0n) is 12.1. The van der Waals surface area contributed by atoms with Crippen molar-refractivity contribution in [3.05, 3.63) is 35.2 Å². The highest BCUT2D eigenvalue weighted by Crippen LogP contribution is 2.34. The Morgan fingerprint density at radius 3 is 2.79 bits per heavy atom. The van der Waals surface area contributed by atoms with Gasteiger partial charge in [0.15, 0.2) is 0 Å². The van der Waals surface area contributed by atoms with Crippen LogP contribution in [0.2, 0.25) is 0 Å². The number of benzene rings is 1. The SMILES string of the molecule is FC(F)(F)CNc1nc2cc(C3=NN=NC3)ccc2c2sccc12. The summed E-state index contributed by atoms with van der Waals surface area (Å²) in [6.07, 6.45) is -4.30. The molecule has 0 fully saturated rings. The van der Waals surface area contributed by atoms with Gasteiger partial charge in [0, 0.05) is 21.0 Å². The molecule has 3 aromatic rings. The van der Waals surface area contributed by atoms with E-state index in [1.807, 2.05) is 23.6 Å². The van der Waals surface area contributed by atoms with E-state index in [2.05, 4.69) is 25.7 Å². The van der Waals surface area contributed by atoms with Gasteiger partial charge in [0.05, 0.1) is 11.2 Å². The number of rotatable bonds is 3. The maximum Gasteiger partial charge on any atom is 0.405 e. The summed E-state index contributed by atoms with van der Waals surface area (Å²) < 4.78 is 38.5. The molecule has 0 aliphatic carbocycles. The second-order valence-corrected chi connectivity index (χ2v) is 6.18. The van der Waals surface area contributed by atoms with E-state index in [0.717, 1.165) is 21.4 Å². The van der Waals surface area contributed by atoms with Crippen molar-refractivity contribution in [3.63, 3.8) is 0 Å². The Labute approximate surface area is 137 Å². The van der Waals surface area contributed by atoms with E-state index in [4.69, 9.17) is 0 Å². The van der Waals surface area contributed by atoms with Gasteiger partial charge in [0.25, 0.3) is 0 Å². The Kier molecular flexibility index (Phi) is 3.45. The van der Waals surface area contributed by atoms with Crippen molar-refractivity contribution in [2.75, 3.05) is 18.4 Å². The van der Waals surface area contributed by atoms with E-state index in [1.54, 1.807) is 6.07 Å². The number of alkyl halides is 3. The number of hydrogen-bond acceptors (Lipinski definition) is 6. The van der Waals surface area contributed by atoms with Crippen molar-refractivity contribution >= 4 is 43.9 Å². The first-order valence-corrected chi connectivity index (χ1v) is 7.94. The summed E-state index contributed by atoms with van der Waals surface area (Å²) in [4.78, 5) is 4.39. The fourth-order valence-electron chi connectivity index (χ4n) is 2.56. The molecule has 0 bridgehead atoms. The van der Waals surface area contributed by atoms with Crippen molar-refractivity contribution in [3.8, 4) is 0 Å². The number of halogens is 3. The van der Waals surface area contributed by atoms with E-state index in [-0.39, 0.29) is 5.82 Å². The minimum absolute atomic E-state index is 0.232. The molecular formula is C15H10F3N5S. The first kappa shape index (κ1) is 15.0. The van der Waals surface area contributed by atoms with E-state index in [1.165, 1.54) is 11.3 Å². The second-order valence-electron chi connectivity index (χ2n) is 5.26. The van der Waals surface area contributed by atoms with Gasteiger partial charge in [-0.1, -0.05) is 12.1 Å². The highest BCUT2D eigenvalue weighted by atomic mass is 32.1. The predicted molar refractivity (Wildman–Crippen MR) is 87.9 cm³/mol. The zero-order chi connectivity index (χ0) is 16.7. The molecule has 1 aliphatic heterocycles. The van der Waals surface area contributed by atoms with Gasteiger partial charge in [-0.2, -0.15) is 18.3 Å². The molecule has 1 N–H and O–H groups in total. The summed E-state index contributed by atoms with van der Waals surface area (Å²) in [6, 6.07) is 7.40. The van der Waals surface area contributed by atoms with Crippen molar-refractivity contribution in [1.82, 2.24) is 4.98 Å². The number of thiophene rings is 1. The average Bonchev–Trinajstić information content (AvgIpc) is 3.22. The van der Waals surface area contributed by atoms with Gasteiger partial charge in [0.1, 0.15) is 18.9 Å². The highest BCUT2D eigenvalue weighted by Gasteiger charge is 2.27. The van der Waals surface area contributed by atoms with Crippen LogP contribution in [0.1, 0.15) is 5.56 Å². The van der Waals surface area contributed by atoms with E-state index in [9.17, 15) is 13.2 Å². The Balaban J connectivity index is 1.83. The van der Waals surface area contributed by atoms with Crippen LogP contribution >= 0.6 is 11.3 Å². The van der Waals surface area contributed by atoms with Crippen molar-refractivity contribution < 1.29 is 13.2 Å². The van der Waals surface area contributed by atoms with Gasteiger partial charge in [-0.05, 0) is 22.7 Å². The van der Waals surface area contributed by atoms with Crippen LogP contribution in [0.3, 0.4) is 0 Å². The molecule has 24 heavy (non-hydrogen) atoms. The Morgan fingerprint density at radius 2 is 2.04 bits per heavy atom. The van der Waals surface area contributed by atoms with Gasteiger partial charge >= 0.3 is 6.18 Å². The topological polar surface area (TPSA) is 62.0 Å². The van der Waals surface area contributed by atoms with Crippen LogP contribution in [0.25, 0.3) is 21.0 Å². The molecule has 5 nitrogen and oxygen atoms in total. The molecule has 1 aromatic carbocycles. The normalized spacial score (nSPS) is 14.5. The standard InChI is InChI=1S/C15H10F3N5S/c16-15(17,18)7-19-14-10-3-4-24-13(10)9-2-1-8(5-11(9)21-14)12-6-20-23-22-12/h1-5H,6-7H2,(H,19,21). The lowest BCUT2D eigenvalue weighted by Crippen LogP contribution is -2.21. The Hall–Kier alpha value is -2.55. The molecule has 0 radical (unpaired) electrons. The van der Waals surface area contributed by atoms with Crippen LogP contribution in [-0.2, 0) is 0 Å². The molecule has 122 valence electrons. The molecule has 3 heterocycles. The molecule has 0 amide bonds. The molecule has 4 rings (SSSR count). The molecule has 2 aromatic heterocycles. The molecular weight excluding hydrogens is 339 g/mol. The van der Waals surface area contributed by atoms with Gasteiger partial charge in [-0.25, -0.2) is 4.98 Å². The lowest BCUT2D eigenvalue weighted by atomic mass is 10.1. The van der Waals surface area contributed by atoms with Gasteiger partial charge in [0.2, 0.25) is 0 Å². The fraction of sp³-hybridized carbons (Fsp3) is 0.200. The van der Waals surface area contributed by atoms with Crippen LogP contribution < -0.4 is 5.32 Å². The smallest absolute Gasteiger partial charge is 0.361 e. The summed E-state index contributed by atoms with van der Waals surface area (Å²) in [5.41, 5.74) is 2.15. The summed E-state index contributed by atoms with van der Waals surface area (Å²) >= 11 is 1.47. The zero-order valence-corrected chi connectivity index (χ0v) is 12.9. The summed E-state index contributed by atoms with van der Waals surface area (Å²) in [6.45, 7) is -0.730. The van der Waals surface area contributed by atoms with E-state index >= 15 is 0 Å². The second kappa shape index (κ2) is 5.52. The largest absolute Gasteiger partial charge is 0.405 e. The van der Waals surface area contributed by atoms with Crippen LogP contribution in [0, 0.1) is 0 Å². The molecule has 0 saturated carbocycles. The first-order chi connectivity index (χ1) is 11.5. The van der Waals surface area contributed by atoms with Crippen molar-refractivity contribution in [1.29, 1.82) is 0 Å². The highest BCUT2D eigenvalue weighted by molar-refractivity contribution is 7.18. The van der Waals surface area contributed by atoms with Crippen molar-refractivity contribution in [2.24, 2.45) is 15.4 Å². The molecule has 1 aliphatic rings. The number of anilines is 1. The maximum atomic E-state index is 12.5. The molecule has 0 spiro atoms. The summed E-state index contributed by atoms with van der Waals surface area (Å²) in [5, 5.41) is 17.2. The third kappa shape index (κ3) is 2.71. The number of hydrogen-bond donors (Lipinski definition) is 1.